The Kier molecular flexibility index (Phi) is 9.96. The Hall–Kier alpha value is -3.24. The van der Waals surface area contributed by atoms with E-state index in [4.69, 9.17) is 32.7 Å². The van der Waals surface area contributed by atoms with Gasteiger partial charge in [-0.1, -0.05) is 26.8 Å². The minimum absolute atomic E-state index is 0.0707. The second kappa shape index (κ2) is 13.3. The van der Waals surface area contributed by atoms with E-state index in [9.17, 15) is 27.6 Å². The third-order valence-corrected chi connectivity index (χ3v) is 11.0. The van der Waals surface area contributed by atoms with Crippen molar-refractivity contribution in [2.45, 2.75) is 107 Å². The van der Waals surface area contributed by atoms with E-state index in [1.54, 1.807) is 20.8 Å². The summed E-state index contributed by atoms with van der Waals surface area (Å²) in [5, 5.41) is 4.31. The minimum Gasteiger partial charge on any atom is -0.458 e. The summed E-state index contributed by atoms with van der Waals surface area (Å²) < 4.78 is 38.7. The molecular formula is C29H39Cl2N7O8S. The Labute approximate surface area is 283 Å². The second-order valence-electron chi connectivity index (χ2n) is 13.6. The van der Waals surface area contributed by atoms with Gasteiger partial charge in [-0.25, -0.2) is 13.2 Å². The number of carbonyl (C=O) groups excluding carboxylic acids is 4. The molecule has 4 fully saturated rings. The van der Waals surface area contributed by atoms with Crippen LogP contribution < -0.4 is 20.1 Å². The largest absolute Gasteiger partial charge is 0.458 e. The predicted octanol–water partition coefficient (Wildman–Crippen LogP) is 2.28. The molecule has 3 saturated carbocycles. The molecule has 4 amide bonds. The SMILES string of the molecule is C=C[C@@H]1C[C@]1(NC(=O)[C@@H]1C[C@@H](Oc2nc(Cl)nc(Cl)n2)CN1C(=O)[C@@H](NC(=O)OC1CCCC1)C(C)(C)C)C(=O)NS(=O)(=O)C1CC1. The van der Waals surface area contributed by atoms with Crippen molar-refractivity contribution in [2.24, 2.45) is 11.3 Å². The van der Waals surface area contributed by atoms with Gasteiger partial charge < -0.3 is 25.0 Å². The monoisotopic (exact) mass is 715 g/mol. The lowest BCUT2D eigenvalue weighted by atomic mass is 9.85. The van der Waals surface area contributed by atoms with E-state index < -0.39 is 74.1 Å². The molecule has 1 aromatic heterocycles. The molecular weight excluding hydrogens is 677 g/mol. The van der Waals surface area contributed by atoms with Crippen molar-refractivity contribution < 1.29 is 37.1 Å². The van der Waals surface area contributed by atoms with Crippen LogP contribution in [-0.2, 0) is 29.1 Å². The maximum Gasteiger partial charge on any atom is 0.408 e. The third-order valence-electron chi connectivity index (χ3n) is 8.88. The van der Waals surface area contributed by atoms with Gasteiger partial charge in [0.05, 0.1) is 11.8 Å². The van der Waals surface area contributed by atoms with Crippen molar-refractivity contribution >= 4 is 57.0 Å². The number of nitrogens with zero attached hydrogens (tertiary/aromatic N) is 4. The van der Waals surface area contributed by atoms with Gasteiger partial charge in [0, 0.05) is 12.3 Å². The molecule has 1 saturated heterocycles. The Morgan fingerprint density at radius 1 is 1.04 bits per heavy atom. The summed E-state index contributed by atoms with van der Waals surface area (Å²) in [6, 6.07) is -2.54. The quantitative estimate of drug-likeness (QED) is 0.284. The number of nitrogens with one attached hydrogen (secondary N) is 3. The van der Waals surface area contributed by atoms with E-state index in [0.29, 0.717) is 12.8 Å². The predicted molar refractivity (Wildman–Crippen MR) is 169 cm³/mol. The summed E-state index contributed by atoms with van der Waals surface area (Å²) in [5.41, 5.74) is -2.39. The van der Waals surface area contributed by atoms with Crippen molar-refractivity contribution in [2.75, 3.05) is 6.54 Å². The molecule has 4 aliphatic rings. The van der Waals surface area contributed by atoms with Gasteiger partial charge in [-0.05, 0) is 73.6 Å². The van der Waals surface area contributed by atoms with E-state index in [1.165, 1.54) is 11.0 Å². The highest BCUT2D eigenvalue weighted by Crippen LogP contribution is 2.45. The lowest BCUT2D eigenvalue weighted by Gasteiger charge is -2.35. The molecule has 2 heterocycles. The first-order valence-corrected chi connectivity index (χ1v) is 17.8. The molecule has 1 aliphatic heterocycles. The molecule has 0 bridgehead atoms. The summed E-state index contributed by atoms with van der Waals surface area (Å²) in [7, 11) is -3.90. The van der Waals surface area contributed by atoms with Crippen molar-refractivity contribution in [3.05, 3.63) is 23.2 Å². The van der Waals surface area contributed by atoms with Gasteiger partial charge in [0.25, 0.3) is 5.91 Å². The highest BCUT2D eigenvalue weighted by molar-refractivity contribution is 7.91. The zero-order chi connectivity index (χ0) is 34.3. The lowest BCUT2D eigenvalue weighted by molar-refractivity contribution is -0.143. The average Bonchev–Trinajstić information content (AvgIpc) is 3.85. The van der Waals surface area contributed by atoms with E-state index >= 15 is 0 Å². The first-order chi connectivity index (χ1) is 22.0. The summed E-state index contributed by atoms with van der Waals surface area (Å²) >= 11 is 11.8. The van der Waals surface area contributed by atoms with E-state index in [0.717, 1.165) is 25.7 Å². The molecule has 5 atom stereocenters. The fourth-order valence-electron chi connectivity index (χ4n) is 6.03. The number of likely N-dealkylation sites (tertiary alicyclic amines) is 1. The summed E-state index contributed by atoms with van der Waals surface area (Å²) in [4.78, 5) is 67.2. The first kappa shape index (κ1) is 35.1. The maximum absolute atomic E-state index is 14.3. The smallest absolute Gasteiger partial charge is 0.408 e. The maximum atomic E-state index is 14.3. The molecule has 258 valence electrons. The number of rotatable bonds is 11. The van der Waals surface area contributed by atoms with Crippen molar-refractivity contribution in [3.8, 4) is 6.01 Å². The van der Waals surface area contributed by atoms with Crippen LogP contribution in [0.3, 0.4) is 0 Å². The molecule has 47 heavy (non-hydrogen) atoms. The molecule has 0 radical (unpaired) electrons. The number of hydrogen-bond acceptors (Lipinski definition) is 11. The molecule has 5 rings (SSSR count). The summed E-state index contributed by atoms with van der Waals surface area (Å²) in [6.45, 7) is 8.87. The third kappa shape index (κ3) is 8.08. The molecule has 1 aromatic rings. The van der Waals surface area contributed by atoms with Crippen LogP contribution in [0, 0.1) is 11.3 Å². The van der Waals surface area contributed by atoms with E-state index in [-0.39, 0.29) is 42.1 Å². The van der Waals surface area contributed by atoms with Crippen LogP contribution in [0.4, 0.5) is 4.79 Å². The lowest BCUT2D eigenvalue weighted by Crippen LogP contribution is -2.60. The molecule has 3 aliphatic carbocycles. The first-order valence-electron chi connectivity index (χ1n) is 15.5. The zero-order valence-corrected chi connectivity index (χ0v) is 28.7. The molecule has 0 unspecified atom stereocenters. The van der Waals surface area contributed by atoms with Crippen molar-refractivity contribution in [1.29, 1.82) is 0 Å². The molecule has 0 aromatic carbocycles. The second-order valence-corrected chi connectivity index (χ2v) is 16.2. The average molecular weight is 717 g/mol. The van der Waals surface area contributed by atoms with Gasteiger partial charge in [-0.15, -0.1) is 6.58 Å². The fourth-order valence-corrected chi connectivity index (χ4v) is 7.74. The normalized spacial score (nSPS) is 26.7. The molecule has 18 heteroatoms. The standard InChI is InChI=1S/C29H39Cl2N7O8S/c1-5-15-13-29(15,23(41)37-47(43,44)18-10-11-18)36-21(39)19-12-17(45-26-34-24(30)33-25(31)35-26)14-38(19)22(40)20(28(2,3)4)32-27(42)46-16-8-6-7-9-16/h5,15-20H,1,6-14H2,2-4H3,(H,32,42)(H,36,39)(H,37,41)/t15-,17-,19+,20-,29-/m1/s1. The Balaban J connectivity index is 1.39. The molecule has 15 nitrogen and oxygen atoms in total. The van der Waals surface area contributed by atoms with Crippen LogP contribution in [-0.4, -0.2) is 93.7 Å². The van der Waals surface area contributed by atoms with Crippen LogP contribution in [0.15, 0.2) is 12.7 Å². The Morgan fingerprint density at radius 3 is 2.23 bits per heavy atom. The summed E-state index contributed by atoms with van der Waals surface area (Å²) in [6.07, 6.45) is 3.96. The van der Waals surface area contributed by atoms with Gasteiger partial charge in [-0.2, -0.15) is 15.0 Å². The van der Waals surface area contributed by atoms with Gasteiger partial charge >= 0.3 is 12.1 Å². The number of aromatic nitrogens is 3. The topological polar surface area (TPSA) is 199 Å². The highest BCUT2D eigenvalue weighted by atomic mass is 35.5. The van der Waals surface area contributed by atoms with Gasteiger partial charge in [0.1, 0.15) is 29.8 Å². The van der Waals surface area contributed by atoms with Gasteiger partial charge in [-0.3, -0.25) is 19.1 Å². The number of sulfonamides is 1. The zero-order valence-electron chi connectivity index (χ0n) is 26.3. The van der Waals surface area contributed by atoms with Crippen LogP contribution >= 0.6 is 23.2 Å². The fraction of sp³-hybridized carbons (Fsp3) is 0.690. The van der Waals surface area contributed by atoms with Crippen LogP contribution in [0.2, 0.25) is 10.6 Å². The van der Waals surface area contributed by atoms with Gasteiger partial charge in [0.15, 0.2) is 0 Å². The van der Waals surface area contributed by atoms with E-state index in [2.05, 4.69) is 36.9 Å². The summed E-state index contributed by atoms with van der Waals surface area (Å²) in [5.74, 6) is -2.72. The van der Waals surface area contributed by atoms with Crippen LogP contribution in [0.25, 0.3) is 0 Å². The van der Waals surface area contributed by atoms with Crippen molar-refractivity contribution in [1.82, 2.24) is 35.2 Å². The van der Waals surface area contributed by atoms with Crippen LogP contribution in [0.5, 0.6) is 6.01 Å². The van der Waals surface area contributed by atoms with E-state index in [1.807, 2.05) is 0 Å². The van der Waals surface area contributed by atoms with Crippen molar-refractivity contribution in [3.63, 3.8) is 0 Å². The Bertz CT molecular complexity index is 1530. The minimum atomic E-state index is -3.90. The number of halogens is 2. The highest BCUT2D eigenvalue weighted by Gasteiger charge is 2.62. The molecule has 3 N–H and O–H groups in total. The number of hydrogen-bond donors (Lipinski definition) is 3. The van der Waals surface area contributed by atoms with Crippen LogP contribution in [0.1, 0.15) is 72.1 Å². The van der Waals surface area contributed by atoms with Gasteiger partial charge in [0.2, 0.25) is 32.4 Å². The number of alkyl carbamates (subject to hydrolysis) is 1. The molecule has 0 spiro atoms. The number of amides is 4. The number of ether oxygens (including phenoxy) is 2. The Morgan fingerprint density at radius 2 is 1.68 bits per heavy atom. The number of carbonyl (C=O) groups is 4.